The molecule has 8 nitrogen and oxygen atoms in total. The molecule has 0 saturated carbocycles. The van der Waals surface area contributed by atoms with Crippen LogP contribution in [0.1, 0.15) is 61.1 Å². The van der Waals surface area contributed by atoms with Gasteiger partial charge in [-0.3, -0.25) is 14.6 Å². The molecule has 202 valence electrons. The molecule has 0 fully saturated rings. The summed E-state index contributed by atoms with van der Waals surface area (Å²) in [5, 5.41) is 2.59. The summed E-state index contributed by atoms with van der Waals surface area (Å²) in [5.41, 5.74) is -0.128. The number of sulfonamides is 1. The first-order valence-corrected chi connectivity index (χ1v) is 14.4. The number of carbonyl (C=O) groups is 1. The molecule has 1 atom stereocenters. The summed E-state index contributed by atoms with van der Waals surface area (Å²) in [6, 6.07) is 6.30. The van der Waals surface area contributed by atoms with Crippen LogP contribution < -0.4 is 9.62 Å². The lowest BCUT2D eigenvalue weighted by Crippen LogP contribution is -2.49. The van der Waals surface area contributed by atoms with Crippen molar-refractivity contribution in [2.75, 3.05) is 16.2 Å². The SMILES string of the molecule is CC(C)(C)OC(=O)Nc1cnc2c(c1)N(S(=O)(=O)c1ccc(F)cc1)CC(C(C)(C)O[Si]C(C)(C)C)C2. The van der Waals surface area contributed by atoms with Crippen LogP contribution in [-0.4, -0.2) is 47.0 Å². The molecule has 1 aliphatic rings. The lowest BCUT2D eigenvalue weighted by atomic mass is 9.84. The number of benzene rings is 1. The molecule has 0 aliphatic carbocycles. The number of hydrogen-bond donors (Lipinski definition) is 1. The number of anilines is 2. The van der Waals surface area contributed by atoms with E-state index in [9.17, 15) is 17.6 Å². The summed E-state index contributed by atoms with van der Waals surface area (Å²) < 4.78 is 54.1. The van der Waals surface area contributed by atoms with Gasteiger partial charge in [0.05, 0.1) is 33.8 Å². The predicted molar refractivity (Wildman–Crippen MR) is 143 cm³/mol. The quantitative estimate of drug-likeness (QED) is 0.473. The summed E-state index contributed by atoms with van der Waals surface area (Å²) >= 11 is 0. The van der Waals surface area contributed by atoms with E-state index in [1.165, 1.54) is 22.6 Å². The summed E-state index contributed by atoms with van der Waals surface area (Å²) in [4.78, 5) is 16.8. The average molecular weight is 550 g/mol. The van der Waals surface area contributed by atoms with Crippen molar-refractivity contribution in [1.82, 2.24) is 4.98 Å². The molecule has 2 heterocycles. The van der Waals surface area contributed by atoms with Crippen molar-refractivity contribution in [3.63, 3.8) is 0 Å². The number of rotatable bonds is 6. The Hall–Kier alpha value is -2.50. The normalized spacial score (nSPS) is 16.8. The van der Waals surface area contributed by atoms with Gasteiger partial charge < -0.3 is 9.16 Å². The number of amides is 1. The maximum Gasteiger partial charge on any atom is 0.412 e. The summed E-state index contributed by atoms with van der Waals surface area (Å²) in [6.45, 7) is 15.6. The van der Waals surface area contributed by atoms with Gasteiger partial charge in [0.1, 0.15) is 11.4 Å². The van der Waals surface area contributed by atoms with Crippen LogP contribution in [0.15, 0.2) is 41.4 Å². The lowest BCUT2D eigenvalue weighted by molar-refractivity contribution is 0.0454. The van der Waals surface area contributed by atoms with Gasteiger partial charge in [-0.1, -0.05) is 20.8 Å². The molecule has 37 heavy (non-hydrogen) atoms. The van der Waals surface area contributed by atoms with Crippen LogP contribution in [-0.2, 0) is 25.6 Å². The van der Waals surface area contributed by atoms with E-state index in [0.29, 0.717) is 23.5 Å². The van der Waals surface area contributed by atoms with Crippen molar-refractivity contribution in [3.05, 3.63) is 48.0 Å². The smallest absolute Gasteiger partial charge is 0.412 e. The van der Waals surface area contributed by atoms with Crippen LogP contribution in [0.3, 0.4) is 0 Å². The van der Waals surface area contributed by atoms with Gasteiger partial charge in [0, 0.05) is 12.5 Å². The van der Waals surface area contributed by atoms with Crippen molar-refractivity contribution in [3.8, 4) is 0 Å². The van der Waals surface area contributed by atoms with Gasteiger partial charge in [-0.05, 0) is 76.4 Å². The van der Waals surface area contributed by atoms with Crippen molar-refractivity contribution in [2.45, 2.75) is 82.9 Å². The molecule has 1 aromatic heterocycles. The Kier molecular flexibility index (Phi) is 8.12. The number of hydrogen-bond acceptors (Lipinski definition) is 6. The lowest BCUT2D eigenvalue weighted by Gasteiger charge is -2.42. The van der Waals surface area contributed by atoms with Crippen molar-refractivity contribution in [2.24, 2.45) is 5.92 Å². The molecule has 0 bridgehead atoms. The number of pyridine rings is 1. The second-order valence-corrected chi connectivity index (χ2v) is 15.5. The van der Waals surface area contributed by atoms with Gasteiger partial charge in [0.2, 0.25) is 9.76 Å². The minimum Gasteiger partial charge on any atom is -0.444 e. The Morgan fingerprint density at radius 2 is 1.73 bits per heavy atom. The monoisotopic (exact) mass is 549 g/mol. The van der Waals surface area contributed by atoms with Crippen molar-refractivity contribution in [1.29, 1.82) is 0 Å². The Bertz CT molecular complexity index is 1240. The molecule has 1 aliphatic heterocycles. The zero-order chi connectivity index (χ0) is 27.8. The van der Waals surface area contributed by atoms with Gasteiger partial charge in [0.25, 0.3) is 10.0 Å². The van der Waals surface area contributed by atoms with E-state index in [2.05, 4.69) is 31.1 Å². The highest BCUT2D eigenvalue weighted by atomic mass is 32.2. The number of ether oxygens (including phenoxy) is 1. The zero-order valence-electron chi connectivity index (χ0n) is 22.7. The van der Waals surface area contributed by atoms with E-state index in [4.69, 9.17) is 9.16 Å². The van der Waals surface area contributed by atoms with Gasteiger partial charge in [-0.25, -0.2) is 17.6 Å². The third kappa shape index (κ3) is 7.52. The molecule has 11 heteroatoms. The first kappa shape index (κ1) is 29.1. The Morgan fingerprint density at radius 1 is 1.11 bits per heavy atom. The van der Waals surface area contributed by atoms with Crippen LogP contribution in [0.4, 0.5) is 20.6 Å². The fraction of sp³-hybridized carbons (Fsp3) is 0.538. The highest BCUT2D eigenvalue weighted by molar-refractivity contribution is 7.92. The molecule has 1 unspecified atom stereocenters. The second kappa shape index (κ2) is 10.3. The minimum atomic E-state index is -4.07. The highest BCUT2D eigenvalue weighted by Crippen LogP contribution is 2.39. The van der Waals surface area contributed by atoms with Crippen LogP contribution in [0.25, 0.3) is 0 Å². The molecule has 3 rings (SSSR count). The molecule has 1 aromatic carbocycles. The van der Waals surface area contributed by atoms with Gasteiger partial charge in [-0.2, -0.15) is 0 Å². The fourth-order valence-corrected chi connectivity index (χ4v) is 6.00. The predicted octanol–water partition coefficient (Wildman–Crippen LogP) is 5.57. The van der Waals surface area contributed by atoms with E-state index in [1.54, 1.807) is 26.8 Å². The highest BCUT2D eigenvalue weighted by Gasteiger charge is 2.41. The maximum absolute atomic E-state index is 13.8. The molecule has 1 N–H and O–H groups in total. The minimum absolute atomic E-state index is 0.0375. The fourth-order valence-electron chi connectivity index (χ4n) is 3.74. The third-order valence-electron chi connectivity index (χ3n) is 5.69. The largest absolute Gasteiger partial charge is 0.444 e. The maximum atomic E-state index is 13.8. The molecule has 1 amide bonds. The van der Waals surface area contributed by atoms with Crippen LogP contribution in [0.5, 0.6) is 0 Å². The molecular weight excluding hydrogens is 513 g/mol. The van der Waals surface area contributed by atoms with Crippen LogP contribution in [0, 0.1) is 11.7 Å². The average Bonchev–Trinajstić information content (AvgIpc) is 2.75. The molecular formula is C26H36FN3O5SSi. The topological polar surface area (TPSA) is 97.8 Å². The van der Waals surface area contributed by atoms with Crippen molar-refractivity contribution >= 4 is 37.3 Å². The standard InChI is InChI=1S/C26H36FN3O5SSi/c1-24(2,3)34-23(31)29-19-14-22-21(28-15-19)13-17(26(7,8)35-37-25(4,5)6)16-30(22)36(32,33)20-11-9-18(27)10-12-20/h9-12,14-15,17H,13,16H2,1-8H3,(H,29,31). The van der Waals surface area contributed by atoms with E-state index in [1.807, 2.05) is 13.8 Å². The Morgan fingerprint density at radius 3 is 2.30 bits per heavy atom. The van der Waals surface area contributed by atoms with E-state index in [0.717, 1.165) is 12.1 Å². The zero-order valence-corrected chi connectivity index (χ0v) is 24.5. The number of nitrogens with zero attached hydrogens (tertiary/aromatic N) is 2. The first-order chi connectivity index (χ1) is 16.9. The third-order valence-corrected chi connectivity index (χ3v) is 8.73. The molecule has 2 aromatic rings. The summed E-state index contributed by atoms with van der Waals surface area (Å²) in [6.07, 6.45) is 1.30. The van der Waals surface area contributed by atoms with E-state index < -0.39 is 33.1 Å². The van der Waals surface area contributed by atoms with Gasteiger partial charge >= 0.3 is 6.09 Å². The Labute approximate surface area is 221 Å². The second-order valence-electron chi connectivity index (χ2n) is 11.8. The van der Waals surface area contributed by atoms with Crippen molar-refractivity contribution < 1.29 is 26.8 Å². The first-order valence-electron chi connectivity index (χ1n) is 12.1. The number of halogens is 1. The van der Waals surface area contributed by atoms with E-state index >= 15 is 0 Å². The van der Waals surface area contributed by atoms with Crippen LogP contribution >= 0.6 is 0 Å². The number of fused-ring (bicyclic) bond motifs is 1. The molecule has 0 spiro atoms. The van der Waals surface area contributed by atoms with Crippen LogP contribution in [0.2, 0.25) is 5.04 Å². The molecule has 0 saturated heterocycles. The van der Waals surface area contributed by atoms with Gasteiger partial charge in [0.15, 0.2) is 0 Å². The number of nitrogens with one attached hydrogen (secondary N) is 1. The number of aromatic nitrogens is 1. The summed E-state index contributed by atoms with van der Waals surface area (Å²) in [5.74, 6) is -0.735. The number of carbonyl (C=O) groups excluding carboxylic acids is 1. The summed E-state index contributed by atoms with van der Waals surface area (Å²) in [7, 11) is -3.85. The Balaban J connectivity index is 2.02. The van der Waals surface area contributed by atoms with Gasteiger partial charge in [-0.15, -0.1) is 0 Å². The molecule has 2 radical (unpaired) electrons. The van der Waals surface area contributed by atoms with E-state index in [-0.39, 0.29) is 32.2 Å².